The zero-order chi connectivity index (χ0) is 26.1. The third-order valence-corrected chi connectivity index (χ3v) is 6.39. The Labute approximate surface area is 214 Å². The topological polar surface area (TPSA) is 95.6 Å². The molecule has 5 aromatic rings. The Morgan fingerprint density at radius 1 is 0.973 bits per heavy atom. The number of nitrogens with one attached hydrogen (secondary N) is 1. The van der Waals surface area contributed by atoms with Gasteiger partial charge in [0.05, 0.1) is 49.7 Å². The monoisotopic (exact) mass is 496 g/mol. The van der Waals surface area contributed by atoms with Gasteiger partial charge in [-0.2, -0.15) is 10.2 Å². The van der Waals surface area contributed by atoms with Gasteiger partial charge < -0.3 is 14.8 Å². The van der Waals surface area contributed by atoms with Crippen LogP contribution in [-0.4, -0.2) is 44.5 Å². The lowest BCUT2D eigenvalue weighted by Crippen LogP contribution is -2.13. The van der Waals surface area contributed by atoms with Crippen molar-refractivity contribution in [3.05, 3.63) is 89.0 Å². The van der Waals surface area contributed by atoms with E-state index < -0.39 is 0 Å². The van der Waals surface area contributed by atoms with Crippen molar-refractivity contribution in [1.29, 1.82) is 0 Å². The van der Waals surface area contributed by atoms with Crippen LogP contribution in [0.15, 0.2) is 60.9 Å². The summed E-state index contributed by atoms with van der Waals surface area (Å²) in [7, 11) is 3.22. The molecule has 5 rings (SSSR count). The number of rotatable bonds is 7. The number of nitrogens with zero attached hydrogens (tertiary/aromatic N) is 5. The van der Waals surface area contributed by atoms with Crippen LogP contribution in [0.1, 0.15) is 32.9 Å². The number of carbonyl (C=O) groups is 1. The summed E-state index contributed by atoms with van der Waals surface area (Å²) in [5.41, 5.74) is 7.13. The van der Waals surface area contributed by atoms with E-state index in [1.807, 2.05) is 74.0 Å². The van der Waals surface area contributed by atoms with E-state index in [-0.39, 0.29) is 5.91 Å². The molecule has 0 spiro atoms. The Bertz CT molecular complexity index is 1600. The van der Waals surface area contributed by atoms with Gasteiger partial charge in [-0.25, -0.2) is 9.50 Å². The number of benzene rings is 2. The molecule has 0 saturated heterocycles. The summed E-state index contributed by atoms with van der Waals surface area (Å²) in [6.07, 6.45) is 3.24. The number of hydrogen-bond donors (Lipinski definition) is 1. The van der Waals surface area contributed by atoms with Gasteiger partial charge in [0, 0.05) is 11.8 Å². The molecule has 3 heterocycles. The van der Waals surface area contributed by atoms with E-state index in [0.29, 0.717) is 34.9 Å². The van der Waals surface area contributed by atoms with Crippen LogP contribution in [0.4, 0.5) is 5.69 Å². The number of ether oxygens (including phenoxy) is 2. The molecular formula is C28H28N6O3. The highest BCUT2D eigenvalue weighted by Crippen LogP contribution is 2.29. The fraction of sp³-hybridized carbons (Fsp3) is 0.214. The summed E-state index contributed by atoms with van der Waals surface area (Å²) < 4.78 is 14.3. The van der Waals surface area contributed by atoms with Crippen molar-refractivity contribution in [2.24, 2.45) is 0 Å². The number of amides is 1. The predicted octanol–water partition coefficient (Wildman–Crippen LogP) is 4.84. The van der Waals surface area contributed by atoms with Crippen LogP contribution >= 0.6 is 0 Å². The Morgan fingerprint density at radius 3 is 2.46 bits per heavy atom. The summed E-state index contributed by atoms with van der Waals surface area (Å²) in [5.74, 6) is 1.03. The maximum atomic E-state index is 13.3. The van der Waals surface area contributed by atoms with Crippen LogP contribution in [0, 0.1) is 20.8 Å². The molecule has 0 unspecified atom stereocenters. The lowest BCUT2D eigenvalue weighted by Gasteiger charge is -2.11. The minimum absolute atomic E-state index is 0.291. The van der Waals surface area contributed by atoms with Crippen LogP contribution in [0.5, 0.6) is 11.5 Å². The Kier molecular flexibility index (Phi) is 6.35. The first-order valence-electron chi connectivity index (χ1n) is 11.9. The second-order valence-corrected chi connectivity index (χ2v) is 8.84. The van der Waals surface area contributed by atoms with Gasteiger partial charge in [-0.3, -0.25) is 9.48 Å². The van der Waals surface area contributed by atoms with E-state index in [9.17, 15) is 4.79 Å². The highest BCUT2D eigenvalue weighted by Gasteiger charge is 2.20. The molecule has 0 fully saturated rings. The van der Waals surface area contributed by atoms with Crippen molar-refractivity contribution in [2.45, 2.75) is 27.3 Å². The minimum Gasteiger partial charge on any atom is -0.493 e. The molecule has 0 saturated carbocycles. The number of aryl methyl sites for hydroxylation is 2. The summed E-state index contributed by atoms with van der Waals surface area (Å²) in [6.45, 7) is 6.36. The second-order valence-electron chi connectivity index (χ2n) is 8.84. The van der Waals surface area contributed by atoms with Crippen LogP contribution in [0.3, 0.4) is 0 Å². The molecule has 0 atom stereocenters. The average Bonchev–Trinajstić information content (AvgIpc) is 3.45. The van der Waals surface area contributed by atoms with Crippen molar-refractivity contribution in [1.82, 2.24) is 24.4 Å². The molecule has 9 heteroatoms. The van der Waals surface area contributed by atoms with Crippen LogP contribution < -0.4 is 14.8 Å². The Morgan fingerprint density at radius 2 is 1.73 bits per heavy atom. The van der Waals surface area contributed by atoms with Gasteiger partial charge >= 0.3 is 0 Å². The lowest BCUT2D eigenvalue weighted by molar-refractivity contribution is 0.102. The number of methoxy groups -OCH3 is 2. The first kappa shape index (κ1) is 24.1. The molecule has 0 aliphatic rings. The summed E-state index contributed by atoms with van der Waals surface area (Å²) in [6, 6.07) is 15.8. The molecule has 3 aromatic heterocycles. The maximum Gasteiger partial charge on any atom is 0.261 e. The molecule has 9 nitrogen and oxygen atoms in total. The molecule has 0 aliphatic heterocycles. The number of fused-ring (bicyclic) bond motifs is 1. The number of carbonyl (C=O) groups excluding carboxylic acids is 1. The fourth-order valence-electron chi connectivity index (χ4n) is 4.36. The van der Waals surface area contributed by atoms with E-state index in [1.165, 1.54) is 5.56 Å². The second kappa shape index (κ2) is 9.77. The molecular weight excluding hydrogens is 468 g/mol. The Balaban J connectivity index is 1.41. The third kappa shape index (κ3) is 4.51. The van der Waals surface area contributed by atoms with Gasteiger partial charge in [0.1, 0.15) is 5.56 Å². The van der Waals surface area contributed by atoms with Crippen molar-refractivity contribution in [3.8, 4) is 22.8 Å². The summed E-state index contributed by atoms with van der Waals surface area (Å²) >= 11 is 0. The van der Waals surface area contributed by atoms with Crippen LogP contribution in [0.2, 0.25) is 0 Å². The SMILES string of the molecule is COc1ccc(Cn2nc(C)c(NC(=O)c3cnn4c(-c5ccc(C)cc5)ccnc34)c2C)cc1OC. The fourth-order valence-corrected chi connectivity index (χ4v) is 4.36. The Hall–Kier alpha value is -4.66. The van der Waals surface area contributed by atoms with E-state index in [1.54, 1.807) is 31.1 Å². The molecule has 188 valence electrons. The first-order valence-corrected chi connectivity index (χ1v) is 11.9. The predicted molar refractivity (Wildman–Crippen MR) is 141 cm³/mol. The largest absolute Gasteiger partial charge is 0.493 e. The highest BCUT2D eigenvalue weighted by atomic mass is 16.5. The number of hydrogen-bond acceptors (Lipinski definition) is 6. The van der Waals surface area contributed by atoms with Crippen molar-refractivity contribution in [2.75, 3.05) is 19.5 Å². The first-order chi connectivity index (χ1) is 17.9. The van der Waals surface area contributed by atoms with Crippen molar-refractivity contribution in [3.63, 3.8) is 0 Å². The smallest absolute Gasteiger partial charge is 0.261 e. The third-order valence-electron chi connectivity index (χ3n) is 6.39. The average molecular weight is 497 g/mol. The zero-order valence-corrected chi connectivity index (χ0v) is 21.4. The normalized spacial score (nSPS) is 11.1. The quantitative estimate of drug-likeness (QED) is 0.347. The molecule has 0 radical (unpaired) electrons. The van der Waals surface area contributed by atoms with Gasteiger partial charge in [-0.05, 0) is 44.5 Å². The molecule has 37 heavy (non-hydrogen) atoms. The van der Waals surface area contributed by atoms with Crippen molar-refractivity contribution >= 4 is 17.2 Å². The lowest BCUT2D eigenvalue weighted by atomic mass is 10.1. The summed E-state index contributed by atoms with van der Waals surface area (Å²) in [4.78, 5) is 17.8. The molecule has 0 aliphatic carbocycles. The molecule has 1 amide bonds. The highest BCUT2D eigenvalue weighted by molar-refractivity contribution is 6.08. The van der Waals surface area contributed by atoms with Crippen molar-refractivity contribution < 1.29 is 14.3 Å². The van der Waals surface area contributed by atoms with E-state index in [2.05, 4.69) is 20.5 Å². The standard InChI is InChI=1S/C28H28N6O3/c1-17-6-9-21(10-7-17)23-12-13-29-27-22(15-30-34(23)27)28(35)31-26-18(2)32-33(19(26)3)16-20-8-11-24(36-4)25(14-20)37-5/h6-15H,16H2,1-5H3,(H,31,35). The van der Waals surface area contributed by atoms with Crippen LogP contribution in [-0.2, 0) is 6.54 Å². The number of aromatic nitrogens is 5. The van der Waals surface area contributed by atoms with Gasteiger partial charge in [-0.15, -0.1) is 0 Å². The zero-order valence-electron chi connectivity index (χ0n) is 21.4. The molecule has 2 aromatic carbocycles. The van der Waals surface area contributed by atoms with Gasteiger partial charge in [-0.1, -0.05) is 35.9 Å². The van der Waals surface area contributed by atoms with E-state index in [0.717, 1.165) is 28.2 Å². The maximum absolute atomic E-state index is 13.3. The summed E-state index contributed by atoms with van der Waals surface area (Å²) in [5, 5.41) is 12.1. The van der Waals surface area contributed by atoms with Gasteiger partial charge in [0.15, 0.2) is 17.1 Å². The molecule has 0 bridgehead atoms. The van der Waals surface area contributed by atoms with Gasteiger partial charge in [0.2, 0.25) is 0 Å². The minimum atomic E-state index is -0.291. The van der Waals surface area contributed by atoms with Crippen LogP contribution in [0.25, 0.3) is 16.9 Å². The van der Waals surface area contributed by atoms with E-state index >= 15 is 0 Å². The van der Waals surface area contributed by atoms with Gasteiger partial charge in [0.25, 0.3) is 5.91 Å². The van der Waals surface area contributed by atoms with E-state index in [4.69, 9.17) is 9.47 Å². The molecule has 1 N–H and O–H groups in total. The number of anilines is 1.